The molecule has 2 rings (SSSR count). The Morgan fingerprint density at radius 2 is 2.33 bits per heavy atom. The lowest BCUT2D eigenvalue weighted by atomic mass is 10.00. The van der Waals surface area contributed by atoms with E-state index in [4.69, 9.17) is 11.6 Å². The number of hydrogen-bond acceptors (Lipinski definition) is 2. The third-order valence-electron chi connectivity index (χ3n) is 2.99. The van der Waals surface area contributed by atoms with Crippen LogP contribution in [-0.2, 0) is 0 Å². The monoisotopic (exact) mass is 326 g/mol. The first-order valence-electron chi connectivity index (χ1n) is 6.08. The Labute approximate surface area is 121 Å². The molecule has 1 aliphatic rings. The van der Waals surface area contributed by atoms with Gasteiger partial charge >= 0.3 is 0 Å². The molecule has 0 radical (unpaired) electrons. The second kappa shape index (κ2) is 6.39. The van der Waals surface area contributed by atoms with Gasteiger partial charge in [0.2, 0.25) is 0 Å². The first-order chi connectivity index (χ1) is 8.69. The van der Waals surface area contributed by atoms with Crippen molar-refractivity contribution in [2.75, 3.05) is 18.0 Å². The van der Waals surface area contributed by atoms with Crippen LogP contribution in [0.1, 0.15) is 13.3 Å². The van der Waals surface area contributed by atoms with Crippen LogP contribution >= 0.6 is 27.5 Å². The Morgan fingerprint density at radius 1 is 1.50 bits per heavy atom. The molecule has 0 amide bonds. The molecule has 2 nitrogen and oxygen atoms in total. The molecule has 0 N–H and O–H groups in total. The third kappa shape index (κ3) is 3.59. The lowest BCUT2D eigenvalue weighted by Crippen LogP contribution is -2.29. The molecule has 1 aliphatic carbocycles. The topological polar surface area (TPSA) is 16.1 Å². The molecule has 0 saturated carbocycles. The minimum Gasteiger partial charge on any atom is -0.356 e. The second-order valence-corrected chi connectivity index (χ2v) is 5.74. The summed E-state index contributed by atoms with van der Waals surface area (Å²) in [6, 6.07) is 4.06. The molecule has 1 atom stereocenters. The van der Waals surface area contributed by atoms with Gasteiger partial charge in [-0.1, -0.05) is 23.8 Å². The van der Waals surface area contributed by atoms with Gasteiger partial charge in [-0.25, -0.2) is 4.98 Å². The molecule has 0 fully saturated rings. The maximum absolute atomic E-state index is 6.07. The summed E-state index contributed by atoms with van der Waals surface area (Å²) in [6.07, 6.45) is 8.98. The van der Waals surface area contributed by atoms with E-state index in [1.807, 2.05) is 30.5 Å². The lowest BCUT2D eigenvalue weighted by molar-refractivity contribution is 0.616. The van der Waals surface area contributed by atoms with Crippen molar-refractivity contribution in [1.29, 1.82) is 0 Å². The largest absolute Gasteiger partial charge is 0.356 e. The Morgan fingerprint density at radius 3 is 2.94 bits per heavy atom. The van der Waals surface area contributed by atoms with Crippen LogP contribution in [0.3, 0.4) is 0 Å². The molecule has 0 aromatic carbocycles. The van der Waals surface area contributed by atoms with Crippen LogP contribution in [0.2, 0.25) is 0 Å². The van der Waals surface area contributed by atoms with Crippen molar-refractivity contribution >= 4 is 33.3 Å². The van der Waals surface area contributed by atoms with Crippen molar-refractivity contribution in [2.45, 2.75) is 13.3 Å². The Hall–Kier alpha value is -0.800. The zero-order valence-electron chi connectivity index (χ0n) is 10.3. The Bertz CT molecular complexity index is 453. The molecule has 1 aromatic heterocycles. The normalized spacial score (nSPS) is 18.6. The average Bonchev–Trinajstić information content (AvgIpc) is 2.37. The lowest BCUT2D eigenvalue weighted by Gasteiger charge is -2.26. The van der Waals surface area contributed by atoms with E-state index in [1.54, 1.807) is 0 Å². The summed E-state index contributed by atoms with van der Waals surface area (Å²) in [5.41, 5.74) is 0. The minimum absolute atomic E-state index is 0.466. The van der Waals surface area contributed by atoms with Crippen molar-refractivity contribution in [2.24, 2.45) is 5.92 Å². The van der Waals surface area contributed by atoms with Gasteiger partial charge in [-0.3, -0.25) is 0 Å². The summed E-state index contributed by atoms with van der Waals surface area (Å²) in [4.78, 5) is 6.72. The number of pyridine rings is 1. The van der Waals surface area contributed by atoms with Crippen LogP contribution in [0.4, 0.5) is 5.82 Å². The van der Waals surface area contributed by atoms with E-state index in [0.29, 0.717) is 5.92 Å². The van der Waals surface area contributed by atoms with E-state index in [0.717, 1.165) is 34.8 Å². The van der Waals surface area contributed by atoms with E-state index in [9.17, 15) is 0 Å². The van der Waals surface area contributed by atoms with Gasteiger partial charge in [0.1, 0.15) is 5.82 Å². The number of nitrogens with zero attached hydrogens (tertiary/aromatic N) is 2. The highest BCUT2D eigenvalue weighted by Crippen LogP contribution is 2.24. The zero-order chi connectivity index (χ0) is 13.0. The Kier molecular flexibility index (Phi) is 4.84. The molecule has 4 heteroatoms. The first kappa shape index (κ1) is 13.6. The molecule has 0 aliphatic heterocycles. The van der Waals surface area contributed by atoms with Gasteiger partial charge in [0.25, 0.3) is 0 Å². The summed E-state index contributed by atoms with van der Waals surface area (Å²) in [5, 5.41) is 0.933. The van der Waals surface area contributed by atoms with Gasteiger partial charge < -0.3 is 4.90 Å². The quantitative estimate of drug-likeness (QED) is 0.816. The molecule has 1 unspecified atom stereocenters. The molecule has 96 valence electrons. The number of aromatic nitrogens is 1. The summed E-state index contributed by atoms with van der Waals surface area (Å²) in [5.74, 6) is 1.48. The summed E-state index contributed by atoms with van der Waals surface area (Å²) >= 11 is 9.48. The number of rotatable bonds is 4. The molecular weight excluding hydrogens is 312 g/mol. The average molecular weight is 328 g/mol. The maximum atomic E-state index is 6.07. The molecular formula is C14H16BrClN2. The van der Waals surface area contributed by atoms with Crippen LogP contribution in [0.15, 0.2) is 46.1 Å². The first-order valence-corrected chi connectivity index (χ1v) is 7.25. The fraction of sp³-hybridized carbons (Fsp3) is 0.357. The fourth-order valence-corrected chi connectivity index (χ4v) is 2.56. The molecule has 1 aromatic rings. The van der Waals surface area contributed by atoms with Gasteiger partial charge in [-0.05, 0) is 53.4 Å². The van der Waals surface area contributed by atoms with Crippen LogP contribution in [0.5, 0.6) is 0 Å². The molecule has 0 bridgehead atoms. The SMILES string of the molecule is CCN(CC1C=CC=C(Cl)C1)c1ccc(Br)cn1. The van der Waals surface area contributed by atoms with E-state index < -0.39 is 0 Å². The number of hydrogen-bond donors (Lipinski definition) is 0. The number of allylic oxidation sites excluding steroid dienone is 3. The van der Waals surface area contributed by atoms with Crippen molar-refractivity contribution in [3.63, 3.8) is 0 Å². The van der Waals surface area contributed by atoms with Crippen LogP contribution in [0, 0.1) is 5.92 Å². The minimum atomic E-state index is 0.466. The van der Waals surface area contributed by atoms with E-state index in [-0.39, 0.29) is 0 Å². The smallest absolute Gasteiger partial charge is 0.128 e. The highest BCUT2D eigenvalue weighted by atomic mass is 79.9. The van der Waals surface area contributed by atoms with Crippen LogP contribution in [-0.4, -0.2) is 18.1 Å². The second-order valence-electron chi connectivity index (χ2n) is 4.34. The van der Waals surface area contributed by atoms with Crippen LogP contribution in [0.25, 0.3) is 0 Å². The predicted molar refractivity (Wildman–Crippen MR) is 81.0 cm³/mol. The predicted octanol–water partition coefficient (Wildman–Crippen LogP) is 4.37. The van der Waals surface area contributed by atoms with Gasteiger partial charge in [0.05, 0.1) is 0 Å². The highest BCUT2D eigenvalue weighted by molar-refractivity contribution is 9.10. The maximum Gasteiger partial charge on any atom is 0.128 e. The van der Waals surface area contributed by atoms with Crippen LogP contribution < -0.4 is 4.90 Å². The van der Waals surface area contributed by atoms with E-state index >= 15 is 0 Å². The summed E-state index contributed by atoms with van der Waals surface area (Å²) in [6.45, 7) is 4.04. The number of anilines is 1. The summed E-state index contributed by atoms with van der Waals surface area (Å²) in [7, 11) is 0. The van der Waals surface area contributed by atoms with E-state index in [2.05, 4.69) is 38.8 Å². The molecule has 0 saturated heterocycles. The Balaban J connectivity index is 2.04. The number of halogens is 2. The van der Waals surface area contributed by atoms with Crippen molar-refractivity contribution < 1.29 is 0 Å². The molecule has 1 heterocycles. The zero-order valence-corrected chi connectivity index (χ0v) is 12.7. The van der Waals surface area contributed by atoms with Gasteiger partial charge in [0.15, 0.2) is 0 Å². The molecule has 0 spiro atoms. The van der Waals surface area contributed by atoms with Crippen molar-refractivity contribution in [3.05, 3.63) is 46.1 Å². The molecule has 18 heavy (non-hydrogen) atoms. The van der Waals surface area contributed by atoms with Gasteiger partial charge in [-0.2, -0.15) is 0 Å². The summed E-state index contributed by atoms with van der Waals surface area (Å²) < 4.78 is 1.01. The highest BCUT2D eigenvalue weighted by Gasteiger charge is 2.15. The fourth-order valence-electron chi connectivity index (χ4n) is 2.05. The van der Waals surface area contributed by atoms with Gasteiger partial charge in [-0.15, -0.1) is 0 Å². The van der Waals surface area contributed by atoms with Crippen molar-refractivity contribution in [1.82, 2.24) is 4.98 Å². The van der Waals surface area contributed by atoms with Crippen molar-refractivity contribution in [3.8, 4) is 0 Å². The third-order valence-corrected chi connectivity index (χ3v) is 3.74. The standard InChI is InChI=1S/C14H16BrClN2/c1-2-18(14-7-6-12(15)9-17-14)10-11-4-3-5-13(16)8-11/h3-7,9,11H,2,8,10H2,1H3. The van der Waals surface area contributed by atoms with Gasteiger partial charge in [0, 0.05) is 28.8 Å². The van der Waals surface area contributed by atoms with E-state index in [1.165, 1.54) is 0 Å².